The predicted octanol–water partition coefficient (Wildman–Crippen LogP) is 3.82. The van der Waals surface area contributed by atoms with Crippen LogP contribution in [0.2, 0.25) is 5.02 Å². The van der Waals surface area contributed by atoms with E-state index in [1.165, 1.54) is 43.2 Å². The number of fused-ring (bicyclic) bond motifs is 2. The van der Waals surface area contributed by atoms with E-state index in [0.717, 1.165) is 17.9 Å². The number of aryl methyl sites for hydroxylation is 1. The van der Waals surface area contributed by atoms with Crippen molar-refractivity contribution >= 4 is 11.6 Å². The minimum Gasteiger partial charge on any atom is -0.327 e. The Labute approximate surface area is 108 Å². The number of hydrogen-bond donors (Lipinski definition) is 1. The average Bonchev–Trinajstić information content (AvgIpc) is 2.36. The van der Waals surface area contributed by atoms with Crippen LogP contribution in [0.15, 0.2) is 18.2 Å². The summed E-state index contributed by atoms with van der Waals surface area (Å²) in [6.07, 6.45) is 8.76. The van der Waals surface area contributed by atoms with E-state index >= 15 is 0 Å². The van der Waals surface area contributed by atoms with Gasteiger partial charge < -0.3 is 5.73 Å². The lowest BCUT2D eigenvalue weighted by atomic mass is 9.60. The summed E-state index contributed by atoms with van der Waals surface area (Å²) in [5.41, 5.74) is 9.64. The van der Waals surface area contributed by atoms with Gasteiger partial charge in [0.05, 0.1) is 0 Å². The molecule has 1 aromatic rings. The van der Waals surface area contributed by atoms with E-state index < -0.39 is 0 Å². The minimum atomic E-state index is 0.233. The van der Waals surface area contributed by atoms with Crippen LogP contribution in [0.3, 0.4) is 0 Å². The molecule has 2 aliphatic carbocycles. The Kier molecular flexibility index (Phi) is 2.92. The van der Waals surface area contributed by atoms with Gasteiger partial charge in [-0.15, -0.1) is 0 Å². The van der Waals surface area contributed by atoms with Crippen LogP contribution in [0.1, 0.15) is 49.7 Å². The SMILES string of the molecule is NC1CCc2ccc(Cl)cc2C12CCCCC2. The second-order valence-corrected chi connectivity index (χ2v) is 6.10. The molecule has 0 heterocycles. The van der Waals surface area contributed by atoms with Crippen LogP contribution < -0.4 is 5.73 Å². The zero-order valence-electron chi connectivity index (χ0n) is 10.2. The molecule has 1 aromatic carbocycles. The van der Waals surface area contributed by atoms with E-state index in [2.05, 4.69) is 12.1 Å². The first kappa shape index (κ1) is 11.6. The fourth-order valence-corrected chi connectivity index (χ4v) is 4.01. The Morgan fingerprint density at radius 3 is 2.71 bits per heavy atom. The molecule has 0 aliphatic heterocycles. The Morgan fingerprint density at radius 2 is 1.94 bits per heavy atom. The lowest BCUT2D eigenvalue weighted by Crippen LogP contribution is -2.49. The summed E-state index contributed by atoms with van der Waals surface area (Å²) >= 11 is 6.19. The van der Waals surface area contributed by atoms with E-state index in [-0.39, 0.29) is 5.41 Å². The predicted molar refractivity (Wildman–Crippen MR) is 72.5 cm³/mol. The van der Waals surface area contributed by atoms with Gasteiger partial charge in [0.25, 0.3) is 0 Å². The van der Waals surface area contributed by atoms with E-state index in [1.54, 1.807) is 0 Å². The third-order valence-electron chi connectivity index (χ3n) is 4.79. The van der Waals surface area contributed by atoms with Gasteiger partial charge in [-0.1, -0.05) is 36.9 Å². The second kappa shape index (κ2) is 4.29. The van der Waals surface area contributed by atoms with Crippen molar-refractivity contribution in [3.05, 3.63) is 34.3 Å². The minimum absolute atomic E-state index is 0.233. The molecule has 2 heteroatoms. The maximum Gasteiger partial charge on any atom is 0.0409 e. The van der Waals surface area contributed by atoms with Crippen molar-refractivity contribution in [2.75, 3.05) is 0 Å². The van der Waals surface area contributed by atoms with Gasteiger partial charge in [-0.25, -0.2) is 0 Å². The van der Waals surface area contributed by atoms with Gasteiger partial charge in [0.15, 0.2) is 0 Å². The Morgan fingerprint density at radius 1 is 1.18 bits per heavy atom. The maximum atomic E-state index is 6.47. The topological polar surface area (TPSA) is 26.0 Å². The van der Waals surface area contributed by atoms with Crippen molar-refractivity contribution in [1.29, 1.82) is 0 Å². The summed E-state index contributed by atoms with van der Waals surface area (Å²) in [7, 11) is 0. The van der Waals surface area contributed by atoms with Crippen LogP contribution in [-0.4, -0.2) is 6.04 Å². The quantitative estimate of drug-likeness (QED) is 0.743. The number of nitrogens with two attached hydrogens (primary N) is 1. The molecule has 1 spiro atoms. The monoisotopic (exact) mass is 249 g/mol. The molecular formula is C15H20ClN. The molecule has 1 fully saturated rings. The highest BCUT2D eigenvalue weighted by Crippen LogP contribution is 2.47. The Balaban J connectivity index is 2.11. The van der Waals surface area contributed by atoms with E-state index in [1.807, 2.05) is 6.07 Å². The molecule has 0 aromatic heterocycles. The molecule has 1 saturated carbocycles. The van der Waals surface area contributed by atoms with Crippen molar-refractivity contribution in [2.45, 2.75) is 56.4 Å². The van der Waals surface area contributed by atoms with Crippen LogP contribution in [-0.2, 0) is 11.8 Å². The second-order valence-electron chi connectivity index (χ2n) is 5.66. The van der Waals surface area contributed by atoms with E-state index in [9.17, 15) is 0 Å². The summed E-state index contributed by atoms with van der Waals surface area (Å²) in [4.78, 5) is 0. The summed E-state index contributed by atoms with van der Waals surface area (Å²) in [5, 5.41) is 0.864. The molecule has 3 rings (SSSR count). The van der Waals surface area contributed by atoms with Crippen molar-refractivity contribution in [3.8, 4) is 0 Å². The van der Waals surface area contributed by atoms with Crippen molar-refractivity contribution in [1.82, 2.24) is 0 Å². The fourth-order valence-electron chi connectivity index (χ4n) is 3.84. The summed E-state index contributed by atoms with van der Waals surface area (Å²) in [6.45, 7) is 0. The molecule has 0 saturated heterocycles. The van der Waals surface area contributed by atoms with Gasteiger partial charge in [0, 0.05) is 16.5 Å². The number of halogens is 1. The maximum absolute atomic E-state index is 6.47. The normalized spacial score (nSPS) is 26.8. The van der Waals surface area contributed by atoms with Crippen molar-refractivity contribution in [3.63, 3.8) is 0 Å². The highest BCUT2D eigenvalue weighted by molar-refractivity contribution is 6.30. The lowest BCUT2D eigenvalue weighted by Gasteiger charge is -2.46. The van der Waals surface area contributed by atoms with Gasteiger partial charge in [-0.05, 0) is 48.9 Å². The molecule has 0 bridgehead atoms. The fraction of sp³-hybridized carbons (Fsp3) is 0.600. The van der Waals surface area contributed by atoms with Crippen LogP contribution in [0.4, 0.5) is 0 Å². The standard InChI is InChI=1S/C15H20ClN/c16-12-6-4-11-5-7-14(17)15(13(11)10-12)8-2-1-3-9-15/h4,6,10,14H,1-3,5,7-9,17H2. The van der Waals surface area contributed by atoms with Gasteiger partial charge in [0.2, 0.25) is 0 Å². The highest BCUT2D eigenvalue weighted by atomic mass is 35.5. The molecule has 92 valence electrons. The van der Waals surface area contributed by atoms with Gasteiger partial charge in [0.1, 0.15) is 0 Å². The van der Waals surface area contributed by atoms with E-state index in [0.29, 0.717) is 6.04 Å². The molecule has 0 amide bonds. The van der Waals surface area contributed by atoms with Crippen molar-refractivity contribution < 1.29 is 0 Å². The van der Waals surface area contributed by atoms with E-state index in [4.69, 9.17) is 17.3 Å². The summed E-state index contributed by atoms with van der Waals surface area (Å²) in [5.74, 6) is 0. The summed E-state index contributed by atoms with van der Waals surface area (Å²) in [6, 6.07) is 6.74. The van der Waals surface area contributed by atoms with Crippen LogP contribution in [0.25, 0.3) is 0 Å². The first-order valence-corrected chi connectivity index (χ1v) is 7.15. The van der Waals surface area contributed by atoms with Gasteiger partial charge >= 0.3 is 0 Å². The molecule has 2 N–H and O–H groups in total. The third kappa shape index (κ3) is 1.80. The number of benzene rings is 1. The van der Waals surface area contributed by atoms with Crippen LogP contribution in [0.5, 0.6) is 0 Å². The molecular weight excluding hydrogens is 230 g/mol. The molecule has 1 atom stereocenters. The molecule has 0 radical (unpaired) electrons. The zero-order valence-corrected chi connectivity index (χ0v) is 11.0. The number of hydrogen-bond acceptors (Lipinski definition) is 1. The first-order valence-electron chi connectivity index (χ1n) is 6.77. The lowest BCUT2D eigenvalue weighted by molar-refractivity contribution is 0.221. The van der Waals surface area contributed by atoms with Gasteiger partial charge in [-0.3, -0.25) is 0 Å². The van der Waals surface area contributed by atoms with Crippen LogP contribution in [0, 0.1) is 0 Å². The largest absolute Gasteiger partial charge is 0.327 e. The van der Waals surface area contributed by atoms with Crippen LogP contribution >= 0.6 is 11.6 Å². The molecule has 17 heavy (non-hydrogen) atoms. The Hall–Kier alpha value is -0.530. The summed E-state index contributed by atoms with van der Waals surface area (Å²) < 4.78 is 0. The molecule has 1 unspecified atom stereocenters. The smallest absolute Gasteiger partial charge is 0.0409 e. The Bertz CT molecular complexity index is 421. The van der Waals surface area contributed by atoms with Gasteiger partial charge in [-0.2, -0.15) is 0 Å². The third-order valence-corrected chi connectivity index (χ3v) is 5.02. The van der Waals surface area contributed by atoms with Crippen molar-refractivity contribution in [2.24, 2.45) is 5.73 Å². The highest BCUT2D eigenvalue weighted by Gasteiger charge is 2.42. The first-order chi connectivity index (χ1) is 8.22. The zero-order chi connectivity index (χ0) is 11.9. The molecule has 1 nitrogen and oxygen atoms in total. The molecule has 2 aliphatic rings. The average molecular weight is 250 g/mol. The number of rotatable bonds is 0.